The summed E-state index contributed by atoms with van der Waals surface area (Å²) in [5.74, 6) is 0.203. The lowest BCUT2D eigenvalue weighted by Gasteiger charge is -2.27. The summed E-state index contributed by atoms with van der Waals surface area (Å²) >= 11 is 0. The predicted octanol–water partition coefficient (Wildman–Crippen LogP) is 9.13. The van der Waals surface area contributed by atoms with E-state index in [-0.39, 0.29) is 12.5 Å². The van der Waals surface area contributed by atoms with E-state index in [2.05, 4.69) is 43.3 Å². The van der Waals surface area contributed by atoms with Crippen molar-refractivity contribution in [1.29, 1.82) is 0 Å². The van der Waals surface area contributed by atoms with Gasteiger partial charge in [0.15, 0.2) is 0 Å². The monoisotopic (exact) mass is 531 g/mol. The third-order valence-electron chi connectivity index (χ3n) is 7.89. The maximum absolute atomic E-state index is 15.3. The van der Waals surface area contributed by atoms with Crippen LogP contribution in [0.3, 0.4) is 0 Å². The van der Waals surface area contributed by atoms with Crippen LogP contribution in [0.15, 0.2) is 60.7 Å². The molecule has 0 aliphatic heterocycles. The normalized spacial score (nSPS) is 14.7. The summed E-state index contributed by atoms with van der Waals surface area (Å²) in [6.45, 7) is 8.30. The Bertz CT molecular complexity index is 1290. The van der Waals surface area contributed by atoms with Crippen molar-refractivity contribution in [3.05, 3.63) is 99.9 Å². The predicted molar refractivity (Wildman–Crippen MR) is 160 cm³/mol. The van der Waals surface area contributed by atoms with Gasteiger partial charge >= 0.3 is 0 Å². The molecule has 4 rings (SSSR count). The van der Waals surface area contributed by atoms with E-state index >= 15 is 4.39 Å². The highest BCUT2D eigenvalue weighted by atomic mass is 19.1. The summed E-state index contributed by atoms with van der Waals surface area (Å²) in [6, 6.07) is 20.4. The van der Waals surface area contributed by atoms with Crippen LogP contribution in [0.25, 0.3) is 11.1 Å². The van der Waals surface area contributed by atoms with Crippen molar-refractivity contribution in [2.24, 2.45) is 5.92 Å². The van der Waals surface area contributed by atoms with Crippen LogP contribution in [0.2, 0.25) is 0 Å². The van der Waals surface area contributed by atoms with E-state index in [9.17, 15) is 4.39 Å². The topological polar surface area (TPSA) is 35.2 Å². The number of hydrogen-bond donors (Lipinski definition) is 1. The number of halogens is 2. The summed E-state index contributed by atoms with van der Waals surface area (Å²) in [6.07, 6.45) is 6.11. The number of rotatable bonds is 11. The average molecular weight is 532 g/mol. The molecule has 0 radical (unpaired) electrons. The molecule has 4 heteroatoms. The average Bonchev–Trinajstić information content (AvgIpc) is 3.07. The lowest BCUT2D eigenvalue weighted by Crippen LogP contribution is -2.28. The largest absolute Gasteiger partial charge is 0.399 e. The van der Waals surface area contributed by atoms with Gasteiger partial charge in [0.25, 0.3) is 0 Å². The van der Waals surface area contributed by atoms with Gasteiger partial charge in [0.1, 0.15) is 5.82 Å². The Morgan fingerprint density at radius 1 is 0.974 bits per heavy atom. The fourth-order valence-corrected chi connectivity index (χ4v) is 5.71. The minimum atomic E-state index is -0.449. The van der Waals surface area contributed by atoms with Gasteiger partial charge in [0, 0.05) is 17.7 Å². The second-order valence-electron chi connectivity index (χ2n) is 11.7. The molecular formula is C35H43F2NO. The summed E-state index contributed by atoms with van der Waals surface area (Å²) in [4.78, 5) is 0. The van der Waals surface area contributed by atoms with Crippen molar-refractivity contribution >= 4 is 16.8 Å². The summed E-state index contributed by atoms with van der Waals surface area (Å²) < 4.78 is 34.3. The Kier molecular flexibility index (Phi) is 9.61. The lowest BCUT2D eigenvalue weighted by molar-refractivity contribution is -0.0448. The molecule has 39 heavy (non-hydrogen) atoms. The Balaban J connectivity index is 1.69. The zero-order valence-electron chi connectivity index (χ0n) is 24.0. The SMILES string of the molecule is CCCC(COC(C)(C)CCF)Cc1ccc(C2=C(c3ccc(C)cc3F)CCCc3cc(N)ccc32)cc1. The second kappa shape index (κ2) is 12.9. The number of benzene rings is 3. The number of nitrogens with two attached hydrogens (primary N) is 1. The van der Waals surface area contributed by atoms with E-state index in [1.807, 2.05) is 39.0 Å². The van der Waals surface area contributed by atoms with E-state index in [4.69, 9.17) is 10.5 Å². The van der Waals surface area contributed by atoms with Crippen molar-refractivity contribution in [3.8, 4) is 0 Å². The Labute approximate surface area is 233 Å². The number of nitrogen functional groups attached to an aromatic ring is 1. The van der Waals surface area contributed by atoms with Crippen molar-refractivity contribution < 1.29 is 13.5 Å². The molecule has 0 heterocycles. The lowest BCUT2D eigenvalue weighted by atomic mass is 9.86. The van der Waals surface area contributed by atoms with Crippen molar-refractivity contribution in [2.75, 3.05) is 19.0 Å². The summed E-state index contributed by atoms with van der Waals surface area (Å²) in [5.41, 5.74) is 14.9. The van der Waals surface area contributed by atoms with Crippen LogP contribution in [0.1, 0.15) is 86.3 Å². The summed E-state index contributed by atoms with van der Waals surface area (Å²) in [7, 11) is 0. The van der Waals surface area contributed by atoms with Crippen molar-refractivity contribution in [3.63, 3.8) is 0 Å². The van der Waals surface area contributed by atoms with E-state index in [0.717, 1.165) is 72.0 Å². The molecule has 1 aliphatic carbocycles. The molecule has 0 saturated heterocycles. The maximum Gasteiger partial charge on any atom is 0.130 e. The van der Waals surface area contributed by atoms with Gasteiger partial charge in [-0.15, -0.1) is 0 Å². The van der Waals surface area contributed by atoms with Gasteiger partial charge in [-0.25, -0.2) is 4.39 Å². The zero-order chi connectivity index (χ0) is 28.0. The van der Waals surface area contributed by atoms with Gasteiger partial charge in [-0.1, -0.05) is 55.8 Å². The van der Waals surface area contributed by atoms with Crippen LogP contribution >= 0.6 is 0 Å². The maximum atomic E-state index is 15.3. The first-order chi connectivity index (χ1) is 18.7. The molecule has 1 atom stereocenters. The fraction of sp³-hybridized carbons (Fsp3) is 0.429. The Hall–Kier alpha value is -2.98. The number of allylic oxidation sites excluding steroid dienone is 1. The number of anilines is 1. The Morgan fingerprint density at radius 2 is 1.72 bits per heavy atom. The molecule has 0 saturated carbocycles. The van der Waals surface area contributed by atoms with Gasteiger partial charge in [0.05, 0.1) is 18.9 Å². The van der Waals surface area contributed by atoms with Crippen LogP contribution in [0.4, 0.5) is 14.5 Å². The third-order valence-corrected chi connectivity index (χ3v) is 7.89. The number of hydrogen-bond acceptors (Lipinski definition) is 2. The highest BCUT2D eigenvalue weighted by Crippen LogP contribution is 2.41. The quantitative estimate of drug-likeness (QED) is 0.250. The Morgan fingerprint density at radius 3 is 2.41 bits per heavy atom. The van der Waals surface area contributed by atoms with Crippen molar-refractivity contribution in [1.82, 2.24) is 0 Å². The molecule has 0 bridgehead atoms. The van der Waals surface area contributed by atoms with E-state index < -0.39 is 5.60 Å². The van der Waals surface area contributed by atoms with Crippen LogP contribution in [0.5, 0.6) is 0 Å². The summed E-state index contributed by atoms with van der Waals surface area (Å²) in [5, 5.41) is 0. The van der Waals surface area contributed by atoms with E-state index in [1.165, 1.54) is 11.1 Å². The zero-order valence-corrected chi connectivity index (χ0v) is 24.0. The first kappa shape index (κ1) is 29.0. The second-order valence-corrected chi connectivity index (χ2v) is 11.7. The first-order valence-electron chi connectivity index (χ1n) is 14.4. The molecule has 3 aromatic rings. The molecule has 3 aromatic carbocycles. The van der Waals surface area contributed by atoms with Crippen LogP contribution < -0.4 is 5.73 Å². The first-order valence-corrected chi connectivity index (χ1v) is 14.4. The molecule has 1 aliphatic rings. The number of aryl methyl sites for hydroxylation is 2. The van der Waals surface area contributed by atoms with Crippen LogP contribution in [-0.2, 0) is 17.6 Å². The number of alkyl halides is 1. The molecule has 2 nitrogen and oxygen atoms in total. The van der Waals surface area contributed by atoms with Gasteiger partial charge in [-0.3, -0.25) is 4.39 Å². The highest BCUT2D eigenvalue weighted by molar-refractivity contribution is 6.00. The minimum absolute atomic E-state index is 0.170. The van der Waals surface area contributed by atoms with E-state index in [0.29, 0.717) is 24.5 Å². The highest BCUT2D eigenvalue weighted by Gasteiger charge is 2.23. The molecule has 0 spiro atoms. The molecule has 2 N–H and O–H groups in total. The fourth-order valence-electron chi connectivity index (χ4n) is 5.71. The minimum Gasteiger partial charge on any atom is -0.399 e. The molecule has 208 valence electrons. The molecule has 0 fully saturated rings. The standard InChI is InChI=1S/C35H43F2NO/c1-5-7-26(23-39-35(3,4)18-19-36)21-25-11-13-27(14-12-25)34-30-17-15-29(38)22-28(30)8-6-9-32(34)31-16-10-24(2)20-33(31)37/h10-17,20,22,26H,5-9,18-19,21,23,38H2,1-4H3. The third kappa shape index (κ3) is 7.36. The molecule has 1 unspecified atom stereocenters. The van der Waals surface area contributed by atoms with Crippen molar-refractivity contribution in [2.45, 2.75) is 78.2 Å². The van der Waals surface area contributed by atoms with Crippen LogP contribution in [-0.4, -0.2) is 18.9 Å². The van der Waals surface area contributed by atoms with Gasteiger partial charge in [-0.05, 0) is 116 Å². The number of fused-ring (bicyclic) bond motifs is 1. The van der Waals surface area contributed by atoms with E-state index in [1.54, 1.807) is 6.07 Å². The smallest absolute Gasteiger partial charge is 0.130 e. The van der Waals surface area contributed by atoms with Gasteiger partial charge in [0.2, 0.25) is 0 Å². The number of ether oxygens (including phenoxy) is 1. The van der Waals surface area contributed by atoms with Gasteiger partial charge < -0.3 is 10.5 Å². The molecule has 0 amide bonds. The molecular weight excluding hydrogens is 488 g/mol. The van der Waals surface area contributed by atoms with Crippen LogP contribution in [0, 0.1) is 18.7 Å². The molecule has 0 aromatic heterocycles. The van der Waals surface area contributed by atoms with Gasteiger partial charge in [-0.2, -0.15) is 0 Å².